The number of halogens is 3. The molecule has 0 amide bonds. The fourth-order valence-corrected chi connectivity index (χ4v) is 1.75. The molecule has 0 bridgehead atoms. The van der Waals surface area contributed by atoms with Gasteiger partial charge in [0.15, 0.2) is 0 Å². The van der Waals surface area contributed by atoms with Crippen LogP contribution in [0.1, 0.15) is 6.92 Å². The van der Waals surface area contributed by atoms with Gasteiger partial charge in [-0.1, -0.05) is 0 Å². The maximum absolute atomic E-state index is 11.7. The molecule has 7 heteroatoms. The van der Waals surface area contributed by atoms with Crippen molar-refractivity contribution in [2.75, 3.05) is 39.3 Å². The van der Waals surface area contributed by atoms with Crippen molar-refractivity contribution in [3.05, 3.63) is 0 Å². The second kappa shape index (κ2) is 6.19. The Bertz CT molecular complexity index is 269. The highest BCUT2D eigenvalue weighted by molar-refractivity contribution is 4.90. The van der Waals surface area contributed by atoms with E-state index >= 15 is 0 Å². The first kappa shape index (κ1) is 14.2. The van der Waals surface area contributed by atoms with Crippen molar-refractivity contribution in [1.29, 1.82) is 5.26 Å². The van der Waals surface area contributed by atoms with Crippen molar-refractivity contribution in [3.8, 4) is 6.07 Å². The van der Waals surface area contributed by atoms with Gasteiger partial charge in [-0.25, -0.2) is 0 Å². The zero-order valence-corrected chi connectivity index (χ0v) is 9.70. The van der Waals surface area contributed by atoms with Gasteiger partial charge in [-0.2, -0.15) is 5.26 Å². The lowest BCUT2D eigenvalue weighted by molar-refractivity contribution is -0.325. The van der Waals surface area contributed by atoms with E-state index in [4.69, 9.17) is 5.26 Å². The van der Waals surface area contributed by atoms with Crippen LogP contribution in [-0.2, 0) is 4.74 Å². The molecular weight excluding hydrogens is 235 g/mol. The largest absolute Gasteiger partial charge is 0.522 e. The van der Waals surface area contributed by atoms with Crippen LogP contribution in [0.4, 0.5) is 13.2 Å². The van der Waals surface area contributed by atoms with E-state index in [2.05, 4.69) is 10.8 Å². The summed E-state index contributed by atoms with van der Waals surface area (Å²) in [6, 6.07) is 2.01. The predicted molar refractivity (Wildman–Crippen MR) is 55.1 cm³/mol. The van der Waals surface area contributed by atoms with Crippen molar-refractivity contribution >= 4 is 0 Å². The number of hydrogen-bond donors (Lipinski definition) is 0. The molecule has 1 aliphatic heterocycles. The van der Waals surface area contributed by atoms with E-state index < -0.39 is 6.36 Å². The molecule has 0 aromatic rings. The molecule has 1 heterocycles. The zero-order valence-electron chi connectivity index (χ0n) is 9.70. The van der Waals surface area contributed by atoms with E-state index in [-0.39, 0.29) is 19.2 Å². The Morgan fingerprint density at radius 3 is 2.35 bits per heavy atom. The van der Waals surface area contributed by atoms with E-state index in [0.717, 1.165) is 0 Å². The first-order valence-electron chi connectivity index (χ1n) is 5.49. The Morgan fingerprint density at radius 2 is 1.88 bits per heavy atom. The summed E-state index contributed by atoms with van der Waals surface area (Å²) in [5.74, 6) is 0. The first-order chi connectivity index (χ1) is 7.92. The maximum atomic E-state index is 11.7. The van der Waals surface area contributed by atoms with Crippen LogP contribution < -0.4 is 0 Å². The quantitative estimate of drug-likeness (QED) is 0.748. The lowest BCUT2D eigenvalue weighted by atomic mass is 10.2. The molecule has 0 N–H and O–H groups in total. The lowest BCUT2D eigenvalue weighted by Crippen LogP contribution is -2.50. The van der Waals surface area contributed by atoms with E-state index in [1.165, 1.54) is 0 Å². The van der Waals surface area contributed by atoms with Crippen LogP contribution in [0, 0.1) is 11.3 Å². The van der Waals surface area contributed by atoms with E-state index in [0.29, 0.717) is 26.2 Å². The van der Waals surface area contributed by atoms with Gasteiger partial charge in [-0.15, -0.1) is 13.2 Å². The molecule has 98 valence electrons. The minimum atomic E-state index is -4.54. The third-order valence-electron chi connectivity index (χ3n) is 2.81. The highest BCUT2D eigenvalue weighted by Gasteiger charge is 2.29. The molecule has 17 heavy (non-hydrogen) atoms. The number of ether oxygens (including phenoxy) is 1. The molecule has 0 saturated carbocycles. The molecule has 0 radical (unpaired) electrons. The molecule has 1 unspecified atom stereocenters. The van der Waals surface area contributed by atoms with Crippen molar-refractivity contribution in [2.45, 2.75) is 19.3 Å². The molecule has 1 fully saturated rings. The van der Waals surface area contributed by atoms with Crippen molar-refractivity contribution in [1.82, 2.24) is 9.80 Å². The average molecular weight is 251 g/mol. The Balaban J connectivity index is 2.18. The molecule has 1 aliphatic rings. The number of alkyl halides is 3. The Morgan fingerprint density at radius 1 is 1.29 bits per heavy atom. The van der Waals surface area contributed by atoms with E-state index in [9.17, 15) is 13.2 Å². The van der Waals surface area contributed by atoms with Gasteiger partial charge in [0.25, 0.3) is 0 Å². The van der Waals surface area contributed by atoms with Gasteiger partial charge in [0.1, 0.15) is 0 Å². The minimum Gasteiger partial charge on any atom is -0.299 e. The summed E-state index contributed by atoms with van der Waals surface area (Å²) in [4.78, 5) is 3.92. The zero-order chi connectivity index (χ0) is 12.9. The minimum absolute atomic E-state index is 0.136. The molecule has 0 aliphatic carbocycles. The van der Waals surface area contributed by atoms with Crippen LogP contribution in [-0.4, -0.2) is 61.5 Å². The highest BCUT2D eigenvalue weighted by atomic mass is 19.4. The topological polar surface area (TPSA) is 39.5 Å². The number of rotatable bonds is 4. The van der Waals surface area contributed by atoms with Crippen molar-refractivity contribution in [3.63, 3.8) is 0 Å². The van der Waals surface area contributed by atoms with Gasteiger partial charge in [0, 0.05) is 32.7 Å². The van der Waals surface area contributed by atoms with E-state index in [1.807, 2.05) is 16.7 Å². The number of nitrogens with zero attached hydrogens (tertiary/aromatic N) is 3. The van der Waals surface area contributed by atoms with Crippen LogP contribution >= 0.6 is 0 Å². The van der Waals surface area contributed by atoms with Gasteiger partial charge in [0.2, 0.25) is 0 Å². The Kier molecular flexibility index (Phi) is 5.18. The summed E-state index contributed by atoms with van der Waals surface area (Å²) in [7, 11) is 0. The highest BCUT2D eigenvalue weighted by Crippen LogP contribution is 2.16. The van der Waals surface area contributed by atoms with Crippen molar-refractivity contribution in [2.24, 2.45) is 0 Å². The Hall–Kier alpha value is -0.840. The van der Waals surface area contributed by atoms with E-state index in [1.54, 1.807) is 0 Å². The summed E-state index contributed by atoms with van der Waals surface area (Å²) in [5.41, 5.74) is 0. The SMILES string of the molecule is CC(C#N)N1CCN(CCOC(F)(F)F)CC1. The molecule has 4 nitrogen and oxygen atoms in total. The average Bonchev–Trinajstić information content (AvgIpc) is 2.27. The number of piperazine rings is 1. The molecule has 1 saturated heterocycles. The molecule has 0 aromatic heterocycles. The van der Waals surface area contributed by atoms with Gasteiger partial charge in [0.05, 0.1) is 18.7 Å². The fraction of sp³-hybridized carbons (Fsp3) is 0.900. The number of hydrogen-bond acceptors (Lipinski definition) is 4. The molecular formula is C10H16F3N3O. The molecule has 1 rings (SSSR count). The monoisotopic (exact) mass is 251 g/mol. The normalized spacial score (nSPS) is 21.1. The third kappa shape index (κ3) is 5.35. The van der Waals surface area contributed by atoms with Gasteiger partial charge >= 0.3 is 6.36 Å². The van der Waals surface area contributed by atoms with Gasteiger partial charge in [-0.3, -0.25) is 14.5 Å². The maximum Gasteiger partial charge on any atom is 0.522 e. The first-order valence-corrected chi connectivity index (χ1v) is 5.49. The second-order valence-corrected chi connectivity index (χ2v) is 3.98. The summed E-state index contributed by atoms with van der Waals surface area (Å²) in [6.07, 6.45) is -4.54. The second-order valence-electron chi connectivity index (χ2n) is 3.98. The molecule has 0 aromatic carbocycles. The van der Waals surface area contributed by atoms with Gasteiger partial charge in [-0.05, 0) is 6.92 Å². The van der Waals surface area contributed by atoms with Crippen LogP contribution in [0.2, 0.25) is 0 Å². The summed E-state index contributed by atoms with van der Waals surface area (Å²) in [6.45, 7) is 4.52. The summed E-state index contributed by atoms with van der Waals surface area (Å²) in [5, 5.41) is 8.73. The van der Waals surface area contributed by atoms with Crippen LogP contribution in [0.15, 0.2) is 0 Å². The Labute approximate surface area is 98.5 Å². The summed E-state index contributed by atoms with van der Waals surface area (Å²) < 4.78 is 38.9. The molecule has 1 atom stereocenters. The van der Waals surface area contributed by atoms with Gasteiger partial charge < -0.3 is 0 Å². The van der Waals surface area contributed by atoms with Crippen LogP contribution in [0.5, 0.6) is 0 Å². The molecule has 0 spiro atoms. The fourth-order valence-electron chi connectivity index (χ4n) is 1.75. The van der Waals surface area contributed by atoms with Crippen molar-refractivity contribution < 1.29 is 17.9 Å². The third-order valence-corrected chi connectivity index (χ3v) is 2.81. The van der Waals surface area contributed by atoms with Crippen LogP contribution in [0.3, 0.4) is 0 Å². The summed E-state index contributed by atoms with van der Waals surface area (Å²) >= 11 is 0. The van der Waals surface area contributed by atoms with Crippen LogP contribution in [0.25, 0.3) is 0 Å². The predicted octanol–water partition coefficient (Wildman–Crippen LogP) is 1.05. The smallest absolute Gasteiger partial charge is 0.299 e. The lowest BCUT2D eigenvalue weighted by Gasteiger charge is -2.35. The standard InChI is InChI=1S/C10H16F3N3O/c1-9(8-14)16-4-2-15(3-5-16)6-7-17-10(11,12)13/h9H,2-7H2,1H3. The number of nitriles is 1.